The minimum Gasteiger partial charge on any atom is -0.469 e. The summed E-state index contributed by atoms with van der Waals surface area (Å²) in [6.45, 7) is 4.28. The zero-order chi connectivity index (χ0) is 14.2. The fraction of sp³-hybridized carbons (Fsp3) is 0.429. The number of methoxy groups -OCH3 is 1. The van der Waals surface area contributed by atoms with E-state index in [1.54, 1.807) is 0 Å². The summed E-state index contributed by atoms with van der Waals surface area (Å²) in [4.78, 5) is 23.7. The maximum atomic E-state index is 12.0. The molecule has 102 valence electrons. The fourth-order valence-electron chi connectivity index (χ4n) is 2.53. The van der Waals surface area contributed by atoms with Crippen molar-refractivity contribution >= 4 is 27.8 Å². The van der Waals surface area contributed by atoms with Crippen LogP contribution in [-0.4, -0.2) is 25.5 Å². The Bertz CT molecular complexity index is 518. The molecule has 1 aliphatic rings. The molecule has 2 atom stereocenters. The van der Waals surface area contributed by atoms with Gasteiger partial charge < -0.3 is 10.1 Å². The molecule has 2 rings (SSSR count). The van der Waals surface area contributed by atoms with Crippen LogP contribution in [0.4, 0.5) is 0 Å². The Labute approximate surface area is 120 Å². The maximum Gasteiger partial charge on any atom is 0.311 e. The number of amides is 1. The molecule has 1 N–H and O–H groups in total. The lowest BCUT2D eigenvalue weighted by Crippen LogP contribution is -2.24. The van der Waals surface area contributed by atoms with Gasteiger partial charge in [0.2, 0.25) is 5.91 Å². The van der Waals surface area contributed by atoms with Crippen molar-refractivity contribution in [3.63, 3.8) is 0 Å². The second-order valence-electron chi connectivity index (χ2n) is 4.82. The van der Waals surface area contributed by atoms with Crippen molar-refractivity contribution in [1.29, 1.82) is 0 Å². The Hall–Kier alpha value is -1.36. The number of esters is 1. The van der Waals surface area contributed by atoms with Crippen LogP contribution in [0.25, 0.3) is 0 Å². The number of aryl methyl sites for hydroxylation is 2. The highest BCUT2D eigenvalue weighted by atomic mass is 79.9. The lowest BCUT2D eigenvalue weighted by atomic mass is 9.87. The Morgan fingerprint density at radius 1 is 1.37 bits per heavy atom. The number of halogens is 1. The second-order valence-corrected chi connectivity index (χ2v) is 5.61. The molecule has 1 amide bonds. The lowest BCUT2D eigenvalue weighted by molar-refractivity contribution is -0.146. The van der Waals surface area contributed by atoms with Crippen molar-refractivity contribution in [2.24, 2.45) is 5.92 Å². The highest BCUT2D eigenvalue weighted by Crippen LogP contribution is 2.33. The van der Waals surface area contributed by atoms with E-state index in [9.17, 15) is 9.59 Å². The third-order valence-corrected chi connectivity index (χ3v) is 4.75. The minimum atomic E-state index is -0.460. The predicted octanol–water partition coefficient (Wildman–Crippen LogP) is 2.07. The number of rotatable bonds is 2. The van der Waals surface area contributed by atoms with E-state index in [4.69, 9.17) is 4.74 Å². The summed E-state index contributed by atoms with van der Waals surface area (Å²) < 4.78 is 5.81. The third-order valence-electron chi connectivity index (χ3n) is 3.50. The van der Waals surface area contributed by atoms with Crippen LogP contribution >= 0.6 is 15.9 Å². The van der Waals surface area contributed by atoms with E-state index >= 15 is 0 Å². The Morgan fingerprint density at radius 3 is 2.47 bits per heavy atom. The van der Waals surface area contributed by atoms with E-state index in [-0.39, 0.29) is 11.9 Å². The standard InChI is InChI=1S/C14H16BrNO3/c1-7-4-9(5-8(2)12(7)15)11-10(14(18)19-3)6-16-13(11)17/h4-5,10-11H,6H2,1-3H3,(H,16,17)/t10-,11+/m1/s1. The van der Waals surface area contributed by atoms with Crippen molar-refractivity contribution in [2.75, 3.05) is 13.7 Å². The zero-order valence-electron chi connectivity index (χ0n) is 11.1. The molecule has 5 heteroatoms. The summed E-state index contributed by atoms with van der Waals surface area (Å²) in [6, 6.07) is 3.89. The molecule has 0 radical (unpaired) electrons. The van der Waals surface area contributed by atoms with Crippen LogP contribution in [0, 0.1) is 19.8 Å². The SMILES string of the molecule is COC(=O)[C@@H]1CNC(=O)[C@H]1c1cc(C)c(Br)c(C)c1. The number of benzene rings is 1. The first kappa shape index (κ1) is 14.1. The zero-order valence-corrected chi connectivity index (χ0v) is 12.7. The lowest BCUT2D eigenvalue weighted by Gasteiger charge is -2.17. The molecule has 19 heavy (non-hydrogen) atoms. The van der Waals surface area contributed by atoms with Crippen LogP contribution in [0.1, 0.15) is 22.6 Å². The fourth-order valence-corrected chi connectivity index (χ4v) is 2.76. The number of hydrogen-bond acceptors (Lipinski definition) is 3. The quantitative estimate of drug-likeness (QED) is 0.847. The van der Waals surface area contributed by atoms with Crippen LogP contribution in [-0.2, 0) is 14.3 Å². The van der Waals surface area contributed by atoms with Crippen molar-refractivity contribution in [3.05, 3.63) is 33.3 Å². The minimum absolute atomic E-state index is 0.114. The molecule has 1 heterocycles. The highest BCUT2D eigenvalue weighted by molar-refractivity contribution is 9.10. The van der Waals surface area contributed by atoms with Gasteiger partial charge in [0.05, 0.1) is 18.9 Å². The number of hydrogen-bond donors (Lipinski definition) is 1. The first-order chi connectivity index (χ1) is 8.95. The van der Waals surface area contributed by atoms with Crippen molar-refractivity contribution < 1.29 is 14.3 Å². The predicted molar refractivity (Wildman–Crippen MR) is 74.9 cm³/mol. The van der Waals surface area contributed by atoms with Gasteiger partial charge in [-0.15, -0.1) is 0 Å². The number of ether oxygens (including phenoxy) is 1. The van der Waals surface area contributed by atoms with Gasteiger partial charge in [-0.1, -0.05) is 28.1 Å². The summed E-state index contributed by atoms with van der Waals surface area (Å²) >= 11 is 3.50. The topological polar surface area (TPSA) is 55.4 Å². The van der Waals surface area contributed by atoms with Gasteiger partial charge in [-0.2, -0.15) is 0 Å². The van der Waals surface area contributed by atoms with Crippen LogP contribution in [0.15, 0.2) is 16.6 Å². The average molecular weight is 326 g/mol. The second kappa shape index (κ2) is 5.33. The normalized spacial score (nSPS) is 22.2. The monoisotopic (exact) mass is 325 g/mol. The van der Waals surface area contributed by atoms with Gasteiger partial charge in [-0.25, -0.2) is 0 Å². The molecule has 0 aromatic heterocycles. The van der Waals surface area contributed by atoms with E-state index in [2.05, 4.69) is 21.2 Å². The number of carbonyl (C=O) groups excluding carboxylic acids is 2. The Kier molecular flexibility index (Phi) is 3.94. The van der Waals surface area contributed by atoms with E-state index in [1.807, 2.05) is 26.0 Å². The summed E-state index contributed by atoms with van der Waals surface area (Å²) in [5.74, 6) is -1.37. The van der Waals surface area contributed by atoms with Crippen LogP contribution in [0.5, 0.6) is 0 Å². The summed E-state index contributed by atoms with van der Waals surface area (Å²) in [5, 5.41) is 2.74. The Balaban J connectivity index is 2.43. The molecule has 1 aliphatic heterocycles. The van der Waals surface area contributed by atoms with Gasteiger partial charge in [0.1, 0.15) is 0 Å². The van der Waals surface area contributed by atoms with Crippen LogP contribution < -0.4 is 5.32 Å². The van der Waals surface area contributed by atoms with Gasteiger partial charge in [-0.05, 0) is 30.5 Å². The van der Waals surface area contributed by atoms with Gasteiger partial charge >= 0.3 is 5.97 Å². The first-order valence-electron chi connectivity index (χ1n) is 6.08. The van der Waals surface area contributed by atoms with E-state index < -0.39 is 11.8 Å². The van der Waals surface area contributed by atoms with Gasteiger partial charge in [-0.3, -0.25) is 9.59 Å². The number of carbonyl (C=O) groups is 2. The average Bonchev–Trinajstić information content (AvgIpc) is 2.76. The summed E-state index contributed by atoms with van der Waals surface area (Å²) in [7, 11) is 1.35. The molecule has 0 unspecified atom stereocenters. The molecule has 0 bridgehead atoms. The molecule has 1 aromatic carbocycles. The third kappa shape index (κ3) is 2.52. The van der Waals surface area contributed by atoms with Crippen LogP contribution in [0.3, 0.4) is 0 Å². The molecule has 0 spiro atoms. The summed E-state index contributed by atoms with van der Waals surface area (Å²) in [5.41, 5.74) is 2.97. The maximum absolute atomic E-state index is 12.0. The summed E-state index contributed by atoms with van der Waals surface area (Å²) in [6.07, 6.45) is 0. The van der Waals surface area contributed by atoms with Crippen molar-refractivity contribution in [2.45, 2.75) is 19.8 Å². The Morgan fingerprint density at radius 2 is 1.95 bits per heavy atom. The van der Waals surface area contributed by atoms with E-state index in [1.165, 1.54) is 7.11 Å². The largest absolute Gasteiger partial charge is 0.469 e. The van der Waals surface area contributed by atoms with Crippen LogP contribution in [0.2, 0.25) is 0 Å². The smallest absolute Gasteiger partial charge is 0.311 e. The molecule has 1 saturated heterocycles. The molecule has 1 fully saturated rings. The van der Waals surface area contributed by atoms with E-state index in [0.29, 0.717) is 6.54 Å². The molecule has 0 aliphatic carbocycles. The molecular formula is C14H16BrNO3. The van der Waals surface area contributed by atoms with Gasteiger partial charge in [0.25, 0.3) is 0 Å². The highest BCUT2D eigenvalue weighted by Gasteiger charge is 2.41. The molecule has 0 saturated carbocycles. The number of nitrogens with one attached hydrogen (secondary N) is 1. The van der Waals surface area contributed by atoms with Gasteiger partial charge in [0, 0.05) is 11.0 Å². The van der Waals surface area contributed by atoms with Crippen molar-refractivity contribution in [3.8, 4) is 0 Å². The van der Waals surface area contributed by atoms with E-state index in [0.717, 1.165) is 21.2 Å². The first-order valence-corrected chi connectivity index (χ1v) is 6.87. The molecule has 4 nitrogen and oxygen atoms in total. The van der Waals surface area contributed by atoms with Gasteiger partial charge in [0.15, 0.2) is 0 Å². The molecule has 1 aromatic rings. The van der Waals surface area contributed by atoms with Crippen molar-refractivity contribution in [1.82, 2.24) is 5.32 Å². The molecular weight excluding hydrogens is 310 g/mol.